The lowest BCUT2D eigenvalue weighted by molar-refractivity contribution is 0.176. The van der Waals surface area contributed by atoms with Crippen molar-refractivity contribution in [1.29, 1.82) is 0 Å². The molecule has 3 unspecified atom stereocenters. The second-order valence-corrected chi connectivity index (χ2v) is 23.4. The Labute approximate surface area is 85.4 Å². The monoisotopic (exact) mass is 224 g/mol. The molecular formula is C9H16OSi3. The van der Waals surface area contributed by atoms with E-state index in [0.717, 1.165) is 6.04 Å². The van der Waals surface area contributed by atoms with Gasteiger partial charge in [-0.05, 0) is 13.0 Å². The highest BCUT2D eigenvalue weighted by molar-refractivity contribution is 7.49. The Bertz CT molecular complexity index is 262. The molecule has 0 aliphatic carbocycles. The average molecular weight is 224 g/mol. The normalized spacial score (nSPS) is 46.7. The summed E-state index contributed by atoms with van der Waals surface area (Å²) in [6.07, 6.45) is 11.1. The van der Waals surface area contributed by atoms with Crippen molar-refractivity contribution in [2.24, 2.45) is 0 Å². The second kappa shape index (κ2) is 3.47. The average Bonchev–Trinajstić information content (AvgIpc) is 2.02. The van der Waals surface area contributed by atoms with Gasteiger partial charge in [-0.15, -0.1) is 18.4 Å². The molecule has 0 bridgehead atoms. The Morgan fingerprint density at radius 1 is 1.62 bits per heavy atom. The van der Waals surface area contributed by atoms with Gasteiger partial charge < -0.3 is 4.43 Å². The molecule has 3 atom stereocenters. The molecule has 4 heteroatoms. The molecule has 0 spiro atoms. The van der Waals surface area contributed by atoms with Crippen LogP contribution in [-0.2, 0) is 4.43 Å². The Balaban J connectivity index is 2.89. The largest absolute Gasteiger partial charge is 0.409 e. The third-order valence-corrected chi connectivity index (χ3v) is 26.7. The Morgan fingerprint density at radius 2 is 2.23 bits per heavy atom. The molecule has 0 saturated carbocycles. The molecule has 1 aliphatic rings. The lowest BCUT2D eigenvalue weighted by Gasteiger charge is -2.40. The molecule has 1 rings (SSSR count). The van der Waals surface area contributed by atoms with Crippen LogP contribution >= 0.6 is 0 Å². The number of hydrogen-bond acceptors (Lipinski definition) is 1. The second-order valence-electron chi connectivity index (χ2n) is 4.39. The summed E-state index contributed by atoms with van der Waals surface area (Å²) in [4.78, 5) is 0. The van der Waals surface area contributed by atoms with Crippen LogP contribution in [0, 0.1) is 24.3 Å². The van der Waals surface area contributed by atoms with Crippen LogP contribution in [0.4, 0.5) is 0 Å². The van der Waals surface area contributed by atoms with Crippen LogP contribution in [0.5, 0.6) is 0 Å². The smallest absolute Gasteiger partial charge is 0.156 e. The van der Waals surface area contributed by atoms with Crippen molar-refractivity contribution in [3.05, 3.63) is 0 Å². The zero-order valence-electron chi connectivity index (χ0n) is 8.55. The number of hydrogen-bond donors (Lipinski definition) is 0. The van der Waals surface area contributed by atoms with Crippen LogP contribution in [0.15, 0.2) is 0 Å². The summed E-state index contributed by atoms with van der Waals surface area (Å²) < 4.78 is 5.92. The van der Waals surface area contributed by atoms with Crippen LogP contribution in [0.25, 0.3) is 0 Å². The summed E-state index contributed by atoms with van der Waals surface area (Å²) in [7, 11) is -2.44. The Hall–Kier alpha value is -0.269. The Morgan fingerprint density at radius 3 is 2.69 bits per heavy atom. The first-order valence-corrected chi connectivity index (χ1v) is 14.5. The minimum atomic E-state index is -1.37. The highest BCUT2D eigenvalue weighted by atomic mass is 29.6. The molecule has 0 N–H and O–H groups in total. The number of rotatable bonds is 0. The van der Waals surface area contributed by atoms with Gasteiger partial charge in [0.2, 0.25) is 0 Å². The van der Waals surface area contributed by atoms with Crippen molar-refractivity contribution in [2.75, 3.05) is 0 Å². The molecule has 0 aromatic carbocycles. The van der Waals surface area contributed by atoms with E-state index in [-0.39, 0.29) is 14.2 Å². The molecule has 1 saturated heterocycles. The predicted octanol–water partition coefficient (Wildman–Crippen LogP) is 0.175. The lowest BCUT2D eigenvalue weighted by atomic mass is 10.2. The Kier molecular flexibility index (Phi) is 2.88. The summed E-state index contributed by atoms with van der Waals surface area (Å²) >= 11 is 0. The van der Waals surface area contributed by atoms with Gasteiger partial charge in [-0.25, -0.2) is 0 Å². The topological polar surface area (TPSA) is 9.23 Å². The molecule has 0 aromatic heterocycles. The van der Waals surface area contributed by atoms with Crippen molar-refractivity contribution in [2.45, 2.75) is 31.7 Å². The SMILES string of the molecule is C#CC1(C)C[Si](C)(C#C)[SiH2][SiH](C)O1. The van der Waals surface area contributed by atoms with E-state index in [4.69, 9.17) is 17.3 Å². The zero-order chi connectivity index (χ0) is 10.1. The van der Waals surface area contributed by atoms with E-state index >= 15 is 0 Å². The van der Waals surface area contributed by atoms with Crippen molar-refractivity contribution in [3.8, 4) is 24.3 Å². The van der Waals surface area contributed by atoms with E-state index in [2.05, 4.69) is 24.6 Å². The van der Waals surface area contributed by atoms with E-state index < -0.39 is 16.1 Å². The molecule has 1 fully saturated rings. The van der Waals surface area contributed by atoms with Crippen molar-refractivity contribution in [1.82, 2.24) is 0 Å². The van der Waals surface area contributed by atoms with E-state index in [1.165, 1.54) is 0 Å². The maximum absolute atomic E-state index is 5.92. The van der Waals surface area contributed by atoms with Crippen LogP contribution in [0.2, 0.25) is 19.1 Å². The summed E-state index contributed by atoms with van der Waals surface area (Å²) in [5.74, 6) is 2.77. The predicted molar refractivity (Wildman–Crippen MR) is 65.1 cm³/mol. The lowest BCUT2D eigenvalue weighted by Crippen LogP contribution is -2.58. The quantitative estimate of drug-likeness (QED) is 0.421. The van der Waals surface area contributed by atoms with Crippen molar-refractivity contribution < 1.29 is 4.43 Å². The first-order chi connectivity index (χ1) is 5.93. The fourth-order valence-electron chi connectivity index (χ4n) is 2.17. The van der Waals surface area contributed by atoms with E-state index in [0.29, 0.717) is 0 Å². The maximum Gasteiger partial charge on any atom is 0.156 e. The summed E-state index contributed by atoms with van der Waals surface area (Å²) in [5, 5.41) is 0. The van der Waals surface area contributed by atoms with Crippen LogP contribution in [0.3, 0.4) is 0 Å². The molecule has 0 amide bonds. The molecule has 0 radical (unpaired) electrons. The highest BCUT2D eigenvalue weighted by Crippen LogP contribution is 2.28. The first-order valence-electron chi connectivity index (χ1n) is 4.56. The van der Waals surface area contributed by atoms with E-state index in [1.54, 1.807) is 0 Å². The van der Waals surface area contributed by atoms with Gasteiger partial charge in [0, 0.05) is 0 Å². The third-order valence-electron chi connectivity index (χ3n) is 2.58. The summed E-state index contributed by atoms with van der Waals surface area (Å²) in [6.45, 7) is 6.58. The molecule has 0 aromatic rings. The van der Waals surface area contributed by atoms with Gasteiger partial charge in [0.25, 0.3) is 0 Å². The van der Waals surface area contributed by atoms with Crippen molar-refractivity contribution >= 4 is 24.7 Å². The first kappa shape index (κ1) is 10.8. The van der Waals surface area contributed by atoms with Gasteiger partial charge in [0.15, 0.2) is 8.56 Å². The molecule has 1 nitrogen and oxygen atoms in total. The third kappa shape index (κ3) is 2.35. The summed E-state index contributed by atoms with van der Waals surface area (Å²) in [5.41, 5.74) is 2.73. The molecule has 13 heavy (non-hydrogen) atoms. The van der Waals surface area contributed by atoms with Gasteiger partial charge in [-0.2, -0.15) is 0 Å². The van der Waals surface area contributed by atoms with Crippen LogP contribution < -0.4 is 0 Å². The zero-order valence-corrected chi connectivity index (χ0v) is 12.1. The molecule has 1 heterocycles. The van der Waals surface area contributed by atoms with E-state index in [9.17, 15) is 0 Å². The fraction of sp³-hybridized carbons (Fsp3) is 0.556. The van der Waals surface area contributed by atoms with Gasteiger partial charge >= 0.3 is 0 Å². The van der Waals surface area contributed by atoms with Gasteiger partial charge in [-0.1, -0.05) is 19.0 Å². The minimum absolute atomic E-state index is 0.104. The minimum Gasteiger partial charge on any atom is -0.409 e. The van der Waals surface area contributed by atoms with Crippen LogP contribution in [0.1, 0.15) is 6.92 Å². The van der Waals surface area contributed by atoms with E-state index in [1.807, 2.05) is 6.92 Å². The molecule has 1 aliphatic heterocycles. The highest BCUT2D eigenvalue weighted by Gasteiger charge is 2.43. The number of terminal acetylenes is 2. The summed E-state index contributed by atoms with van der Waals surface area (Å²) in [6, 6.07) is 0.983. The van der Waals surface area contributed by atoms with Gasteiger partial charge in [0.1, 0.15) is 13.2 Å². The molecule has 70 valence electrons. The fourth-order valence-corrected chi connectivity index (χ4v) is 28.7. The molecular weight excluding hydrogens is 208 g/mol. The maximum atomic E-state index is 5.92. The van der Waals surface area contributed by atoms with Crippen molar-refractivity contribution in [3.63, 3.8) is 0 Å². The standard InChI is InChI=1S/C9H16OSi3/c1-6-9(3)8-13(5,7-2)11-12(4)10-9/h1-2,12H,8,11H2,3-5H3. The van der Waals surface area contributed by atoms with Crippen LogP contribution in [-0.4, -0.2) is 30.3 Å². The van der Waals surface area contributed by atoms with Gasteiger partial charge in [-0.3, -0.25) is 0 Å². The van der Waals surface area contributed by atoms with Gasteiger partial charge in [0.05, 0.1) is 8.55 Å².